The van der Waals surface area contributed by atoms with Crippen molar-refractivity contribution in [2.24, 2.45) is 0 Å². The molecule has 0 fully saturated rings. The van der Waals surface area contributed by atoms with Crippen LogP contribution in [0.3, 0.4) is 0 Å². The van der Waals surface area contributed by atoms with Gasteiger partial charge in [-0.1, -0.05) is 13.8 Å². The number of ether oxygens (including phenoxy) is 16. The van der Waals surface area contributed by atoms with Crippen LogP contribution < -0.4 is 68.3 Å². The van der Waals surface area contributed by atoms with Gasteiger partial charge in [0.2, 0.25) is 0 Å². The number of rotatable bonds is 84. The predicted octanol–water partition coefficient (Wildman–Crippen LogP) is 2.36. The van der Waals surface area contributed by atoms with Crippen molar-refractivity contribution in [3.05, 3.63) is 126 Å². The maximum absolute atomic E-state index is 13.1. The van der Waals surface area contributed by atoms with Gasteiger partial charge in [0.25, 0.3) is 0 Å². The van der Waals surface area contributed by atoms with Crippen LogP contribution in [0.1, 0.15) is 163 Å². The molecule has 52 nitrogen and oxygen atoms in total. The molecule has 4 aromatic heterocycles. The van der Waals surface area contributed by atoms with Gasteiger partial charge in [-0.05, 0) is 149 Å². The Labute approximate surface area is 821 Å². The molecule has 0 aliphatic carbocycles. The van der Waals surface area contributed by atoms with E-state index in [0.717, 1.165) is 67.6 Å². The summed E-state index contributed by atoms with van der Waals surface area (Å²) in [4.78, 5) is 156. The Morgan fingerprint density at radius 3 is 0.493 bits per heavy atom. The van der Waals surface area contributed by atoms with Crippen LogP contribution in [0.15, 0.2) is 57.5 Å². The van der Waals surface area contributed by atoms with Gasteiger partial charge in [-0.3, -0.25) is 0 Å². The van der Waals surface area contributed by atoms with E-state index in [1.54, 1.807) is 13.8 Å². The molecule has 816 valence electrons. The molecule has 4 rings (SSSR count). The summed E-state index contributed by atoms with van der Waals surface area (Å²) < 4.78 is 165. The molecule has 0 unspecified atom stereocenters. The van der Waals surface area contributed by atoms with E-state index in [1.807, 2.05) is 111 Å². The number of nitrogens with zero attached hydrogens (tertiary/aromatic N) is 12. The van der Waals surface area contributed by atoms with Crippen LogP contribution >= 0.6 is 0 Å². The van der Waals surface area contributed by atoms with Crippen molar-refractivity contribution in [1.29, 1.82) is 0 Å². The zero-order chi connectivity index (χ0) is 104. The van der Waals surface area contributed by atoms with E-state index in [-0.39, 0.29) is 134 Å². The molecule has 0 bridgehead atoms. The van der Waals surface area contributed by atoms with E-state index >= 15 is 0 Å². The third-order valence-corrected chi connectivity index (χ3v) is 31.5. The lowest BCUT2D eigenvalue weighted by molar-refractivity contribution is -0.0880. The first-order valence-electron chi connectivity index (χ1n) is 48.1. The van der Waals surface area contributed by atoms with Crippen LogP contribution in [0, 0.1) is 0 Å². The van der Waals surface area contributed by atoms with Crippen molar-refractivity contribution < 1.29 is 129 Å². The summed E-state index contributed by atoms with van der Waals surface area (Å²) in [6, 6.07) is 1.61. The SMILES string of the molecule is CCCOCOCn1c(=O)n(CCC[Si](OCC)(OCC)OCC)c(=O)n(COCOCCC)c1=O.CCOCCOCn1c(=O)n(CCC[Si](OCC)(OCC)OCC)c(=O)n(COCCOCC)c1=O.CCOCOCn1c(=O)n(CCC[Si](OCC)(OCC)OCC)c(=O)n(COCOCC)c1=O.CCO[Si](CCCn1c(=O)n(COCCOC)c(=O)n(COCCOC)c1=O)(OCC)OCC. The van der Waals surface area contributed by atoms with Crippen LogP contribution in [0.5, 0.6) is 0 Å². The van der Waals surface area contributed by atoms with Crippen LogP contribution in [0.25, 0.3) is 0 Å². The second kappa shape index (κ2) is 79.7. The van der Waals surface area contributed by atoms with Crippen LogP contribution in [0.2, 0.25) is 24.2 Å². The van der Waals surface area contributed by atoms with Crippen molar-refractivity contribution in [2.75, 3.05) is 213 Å². The van der Waals surface area contributed by atoms with Gasteiger partial charge in [-0.25, -0.2) is 112 Å². The van der Waals surface area contributed by atoms with Gasteiger partial charge in [0.15, 0.2) is 0 Å². The molecule has 0 aromatic carbocycles. The quantitative estimate of drug-likeness (QED) is 0.0348. The monoisotopic (exact) mass is 2090 g/mol. The summed E-state index contributed by atoms with van der Waals surface area (Å²) in [5.74, 6) is 0. The largest absolute Gasteiger partial charge is 0.500 e. The van der Waals surface area contributed by atoms with Crippen molar-refractivity contribution in [3.63, 3.8) is 0 Å². The Balaban J connectivity index is 0.000000934. The Morgan fingerprint density at radius 1 is 0.171 bits per heavy atom. The lowest BCUT2D eigenvalue weighted by atomic mass is 10.5. The fourth-order valence-corrected chi connectivity index (χ4v) is 23.3. The molecule has 56 heteroatoms. The van der Waals surface area contributed by atoms with Gasteiger partial charge in [0, 0.05) is 183 Å². The average Bonchev–Trinajstić information content (AvgIpc) is 0.796. The number of methoxy groups -OCH3 is 2. The fourth-order valence-electron chi connectivity index (χ4n) is 13.0. The first-order valence-corrected chi connectivity index (χ1v) is 55.9. The molecule has 0 radical (unpaired) electrons. The normalized spacial score (nSPS) is 11.9. The Morgan fingerprint density at radius 2 is 0.329 bits per heavy atom. The minimum Gasteiger partial charge on any atom is -0.382 e. The van der Waals surface area contributed by atoms with Crippen molar-refractivity contribution in [1.82, 2.24) is 54.8 Å². The molecular formula is C84H164N12O40Si4. The molecule has 0 aliphatic heterocycles. The van der Waals surface area contributed by atoms with E-state index < -0.39 is 103 Å². The smallest absolute Gasteiger partial charge is 0.382 e. The molecule has 0 saturated carbocycles. The number of hydrogen-bond acceptors (Lipinski definition) is 40. The molecule has 0 spiro atoms. The lowest BCUT2D eigenvalue weighted by Gasteiger charge is -2.28. The van der Waals surface area contributed by atoms with E-state index in [9.17, 15) is 57.5 Å². The van der Waals surface area contributed by atoms with Gasteiger partial charge >= 0.3 is 103 Å². The second-order valence-electron chi connectivity index (χ2n) is 28.9. The van der Waals surface area contributed by atoms with E-state index in [0.29, 0.717) is 195 Å². The van der Waals surface area contributed by atoms with Gasteiger partial charge in [0.1, 0.15) is 81.0 Å². The van der Waals surface area contributed by atoms with E-state index in [4.69, 9.17) is 129 Å². The first-order chi connectivity index (χ1) is 67.6. The molecular weight excluding hydrogens is 1930 g/mol. The number of aromatic nitrogens is 12. The van der Waals surface area contributed by atoms with Gasteiger partial charge < -0.3 is 129 Å². The van der Waals surface area contributed by atoms with Crippen LogP contribution in [-0.4, -0.2) is 303 Å². The summed E-state index contributed by atoms with van der Waals surface area (Å²) in [5.41, 5.74) is -9.51. The van der Waals surface area contributed by atoms with Crippen molar-refractivity contribution in [2.45, 2.75) is 267 Å². The second-order valence-corrected chi connectivity index (χ2v) is 39.8. The molecule has 0 aliphatic rings. The summed E-state index contributed by atoms with van der Waals surface area (Å²) in [5, 5.41) is 0. The highest BCUT2D eigenvalue weighted by atomic mass is 28.4. The predicted molar refractivity (Wildman–Crippen MR) is 517 cm³/mol. The van der Waals surface area contributed by atoms with Crippen LogP contribution in [0.4, 0.5) is 0 Å². The highest BCUT2D eigenvalue weighted by molar-refractivity contribution is 6.61. The third kappa shape index (κ3) is 47.3. The standard InChI is InChI=1S/2C22H43N3O10Si.2C20H39N3O10Si/c1-6-29-13-15-31-18-24-20(26)23(12-11-17-36(33-8-3,34-9-4)35-10-5)21(27)25(22(24)28)19-32-16-14-30-7-2;1-6-13-29-18-31-16-24-20(26)23(12-11-15-36(33-8-3,34-9-4)35-10-5)21(27)25(22(24)28)17-32-19-30-14-7-2;1-6-31-34(32-7-2,33-8-3)15-9-10-21-18(24)22(16-29-13-11-27-4)20(26)23(19(21)25)17-30-14-12-28-5;1-6-27-16-29-14-22-18(24)21(19(25)23(20(22)26)15-30-17-28-7-2)12-11-13-34(31-8-3,32-9-4)33-10-5/h2*6-19H2,1-5H3;2*6-17H2,1-5H3. The minimum absolute atomic E-state index is 0.0246. The molecule has 0 N–H and O–H groups in total. The fraction of sp³-hybridized carbons (Fsp3) is 0.857. The van der Waals surface area contributed by atoms with Gasteiger partial charge in [-0.2, -0.15) is 0 Å². The molecule has 4 heterocycles. The number of hydrogen-bond donors (Lipinski definition) is 0. The van der Waals surface area contributed by atoms with E-state index in [2.05, 4.69) is 0 Å². The zero-order valence-electron chi connectivity index (χ0n) is 86.5. The minimum atomic E-state index is -2.97. The molecule has 0 amide bonds. The van der Waals surface area contributed by atoms with Gasteiger partial charge in [0.05, 0.1) is 52.9 Å². The third-order valence-electron chi connectivity index (χ3n) is 18.9. The first kappa shape index (κ1) is 131. The summed E-state index contributed by atoms with van der Waals surface area (Å²) in [6.45, 7) is 40.2. The molecule has 0 saturated heterocycles. The summed E-state index contributed by atoms with van der Waals surface area (Å²) in [6.07, 6.45) is 3.06. The highest BCUT2D eigenvalue weighted by Crippen LogP contribution is 2.22. The van der Waals surface area contributed by atoms with E-state index in [1.165, 1.54) is 14.2 Å². The average molecular weight is 2090 g/mol. The maximum Gasteiger partial charge on any atom is 0.500 e. The van der Waals surface area contributed by atoms with Crippen LogP contribution in [-0.2, 0) is 209 Å². The molecule has 0 atom stereocenters. The maximum atomic E-state index is 13.1. The highest BCUT2D eigenvalue weighted by Gasteiger charge is 2.43. The van der Waals surface area contributed by atoms with Crippen molar-refractivity contribution in [3.8, 4) is 0 Å². The molecule has 140 heavy (non-hydrogen) atoms. The Bertz CT molecular complexity index is 4130. The lowest BCUT2D eigenvalue weighted by Crippen LogP contribution is -2.55. The topological polar surface area (TPSA) is 522 Å². The van der Waals surface area contributed by atoms with Gasteiger partial charge in [-0.15, -0.1) is 0 Å². The Hall–Kier alpha value is -6.61. The summed E-state index contributed by atoms with van der Waals surface area (Å²) >= 11 is 0. The zero-order valence-corrected chi connectivity index (χ0v) is 90.5. The van der Waals surface area contributed by atoms with Crippen molar-refractivity contribution >= 4 is 35.2 Å². The Kier molecular flexibility index (Phi) is 74.8. The molecule has 4 aromatic rings. The summed E-state index contributed by atoms with van der Waals surface area (Å²) in [7, 11) is -8.82.